The molecule has 17 amide bonds. The Morgan fingerprint density at radius 2 is 0.802 bits per heavy atom. The van der Waals surface area contributed by atoms with E-state index < -0.39 is 290 Å². The van der Waals surface area contributed by atoms with E-state index in [-0.39, 0.29) is 82.9 Å². The lowest BCUT2D eigenvalue weighted by molar-refractivity contribution is -0.146. The molecule has 2 heterocycles. The van der Waals surface area contributed by atoms with E-state index in [1.165, 1.54) is 27.7 Å². The number of likely N-dealkylation sites (tertiary alicyclic amines) is 2. The Morgan fingerprint density at radius 1 is 0.413 bits per heavy atom. The summed E-state index contributed by atoms with van der Waals surface area (Å²) in [6.45, 7) is 13.2. The number of guanidine groups is 1. The number of nitrogens with two attached hydrogens (primary N) is 5. The Labute approximate surface area is 697 Å². The molecule has 0 aromatic rings. The molecule has 30 N–H and O–H groups in total. The highest BCUT2D eigenvalue weighted by Crippen LogP contribution is 2.23. The van der Waals surface area contributed by atoms with E-state index in [4.69, 9.17) is 33.8 Å². The molecule has 0 spiro atoms. The number of rotatable bonds is 53. The maximum atomic E-state index is 14.4. The molecule has 0 radical (unpaired) electrons. The van der Waals surface area contributed by atoms with Crippen LogP contribution < -0.4 is 97.8 Å². The van der Waals surface area contributed by atoms with Crippen LogP contribution in [0.15, 0.2) is 4.99 Å². The smallest absolute Gasteiger partial charge is 0.326 e. The van der Waals surface area contributed by atoms with Gasteiger partial charge in [0.2, 0.25) is 100 Å². The summed E-state index contributed by atoms with van der Waals surface area (Å²) in [5, 5.41) is 102. The summed E-state index contributed by atoms with van der Waals surface area (Å²) >= 11 is 0. The van der Waals surface area contributed by atoms with Crippen molar-refractivity contribution in [3.05, 3.63) is 0 Å². The molecule has 0 bridgehead atoms. The number of primary amides is 2. The normalized spacial score (nSPS) is 18.2. The average Bonchev–Trinajstić information content (AvgIpc) is 1.76. The van der Waals surface area contributed by atoms with Crippen molar-refractivity contribution < 1.29 is 132 Å². The van der Waals surface area contributed by atoms with E-state index >= 15 is 0 Å². The number of hydrogen-bond acceptors (Lipinski definition) is 26. The van der Waals surface area contributed by atoms with Gasteiger partial charge in [-0.05, 0) is 95.8 Å². The molecule has 0 unspecified atom stereocenters. The molecule has 2 fully saturated rings. The fourth-order valence-electron chi connectivity index (χ4n) is 12.8. The van der Waals surface area contributed by atoms with Crippen molar-refractivity contribution in [2.45, 2.75) is 275 Å². The zero-order valence-electron chi connectivity index (χ0n) is 69.7. The van der Waals surface area contributed by atoms with E-state index in [2.05, 4.69) is 74.1 Å². The Hall–Kier alpha value is -11.5. The summed E-state index contributed by atoms with van der Waals surface area (Å²) in [5.74, 6) is -26.2. The number of nitrogens with one attached hydrogen (secondary N) is 13. The minimum Gasteiger partial charge on any atom is -0.481 e. The lowest BCUT2D eigenvalue weighted by atomic mass is 9.96. The Morgan fingerprint density at radius 3 is 1.25 bits per heavy atom. The van der Waals surface area contributed by atoms with Gasteiger partial charge >= 0.3 is 17.9 Å². The molecule has 48 nitrogen and oxygen atoms in total. The van der Waals surface area contributed by atoms with E-state index in [0.29, 0.717) is 6.42 Å². The molecule has 121 heavy (non-hydrogen) atoms. The molecule has 2 aliphatic rings. The number of carbonyl (C=O) groups is 20. The first-order chi connectivity index (χ1) is 56.5. The predicted octanol–water partition coefficient (Wildman–Crippen LogP) is -10.6. The van der Waals surface area contributed by atoms with Crippen LogP contribution in [0.3, 0.4) is 0 Å². The van der Waals surface area contributed by atoms with Gasteiger partial charge in [0.1, 0.15) is 90.6 Å². The molecule has 682 valence electrons. The molecule has 2 aliphatic heterocycles. The summed E-state index contributed by atoms with van der Waals surface area (Å²) in [6, 6.07) is -26.8. The summed E-state index contributed by atoms with van der Waals surface area (Å²) in [7, 11) is 0. The molecule has 2 saturated heterocycles. The zero-order chi connectivity index (χ0) is 92.3. The lowest BCUT2D eigenvalue weighted by Gasteiger charge is -2.31. The van der Waals surface area contributed by atoms with Gasteiger partial charge in [-0.15, -0.1) is 0 Å². The number of nitrogens with zero attached hydrogens (tertiary/aromatic N) is 3. The van der Waals surface area contributed by atoms with Gasteiger partial charge < -0.3 is 143 Å². The van der Waals surface area contributed by atoms with Crippen LogP contribution in [0, 0.1) is 23.7 Å². The summed E-state index contributed by atoms with van der Waals surface area (Å²) in [6.07, 6.45) is -7.07. The minimum absolute atomic E-state index is 0.0303. The Balaban J connectivity index is 2.34. The quantitative estimate of drug-likeness (QED) is 0.0153. The van der Waals surface area contributed by atoms with Crippen molar-refractivity contribution in [3.63, 3.8) is 0 Å². The number of aliphatic imine (C=N–C) groups is 1. The third-order valence-corrected chi connectivity index (χ3v) is 20.0. The molecular formula is C73H123N21O27. The van der Waals surface area contributed by atoms with Crippen LogP contribution in [0.2, 0.25) is 0 Å². The highest BCUT2D eigenvalue weighted by atomic mass is 16.4. The first kappa shape index (κ1) is 106. The number of aliphatic hydroxyl groups excluding tert-OH is 4. The van der Waals surface area contributed by atoms with Gasteiger partial charge in [-0.25, -0.2) is 4.79 Å². The number of carboxylic acid groups (broad SMARTS) is 3. The van der Waals surface area contributed by atoms with Gasteiger partial charge in [-0.1, -0.05) is 68.2 Å². The molecule has 2 rings (SSSR count). The van der Waals surface area contributed by atoms with Crippen molar-refractivity contribution in [2.75, 3.05) is 32.8 Å². The second-order valence-electron chi connectivity index (χ2n) is 30.7. The Kier molecular flexibility index (Phi) is 44.6. The summed E-state index contributed by atoms with van der Waals surface area (Å²) in [5.41, 5.74) is 27.2. The lowest BCUT2D eigenvalue weighted by Crippen LogP contribution is -2.64. The molecule has 0 aromatic carbocycles. The average molecular weight is 1730 g/mol. The van der Waals surface area contributed by atoms with Crippen molar-refractivity contribution in [3.8, 4) is 0 Å². The van der Waals surface area contributed by atoms with Crippen LogP contribution in [-0.2, 0) is 95.9 Å². The standard InChI is InChI=1S/C73H123N21O27/c1-12-33(7)53(89-58(106)38(74)26-51(103)104)66(114)80-35(9)57(105)83-41(25-31(3)4)60(108)81-39(20-21-50(101)102)59(107)90-54(34(8)13-2)67(115)92-56(37(11)98)69(117)88-52(32(5)6)65(113)91-55(36(10)97)68(116)84-42(27-48(75)99)61(109)87-45(30-96)71(119)94-24-16-19-47(94)64(112)86-44(29-95)62(110)85-43(28-49(76)100)70(118)93-23-15-18-46(93)63(111)82-40(72(120)121)17-14-22-79-73(77)78/h31-47,52-56,95-98H,12-30,74H2,1-11H3,(H2,75,99)(H2,76,100)(H,80,114)(H,81,108)(H,82,111)(H,83,105)(H,84,116)(H,85,110)(H,86,112)(H,87,109)(H,88,117)(H,89,106)(H,90,107)(H,91,113)(H,92,115)(H,101,102)(H,103,104)(H,120,121)(H4,77,78,79)/t33-,34-,35-,36+,37+,38-,39-,40-,41-,42-,43-,44-,45-,46-,47-,52-,53-,54-,55-,56-/m0/s1. The third-order valence-electron chi connectivity index (χ3n) is 20.0. The fourth-order valence-corrected chi connectivity index (χ4v) is 12.8. The zero-order valence-corrected chi connectivity index (χ0v) is 69.7. The van der Waals surface area contributed by atoms with Crippen LogP contribution in [0.4, 0.5) is 0 Å². The van der Waals surface area contributed by atoms with Crippen LogP contribution in [-0.4, -0.2) is 312 Å². The highest BCUT2D eigenvalue weighted by Gasteiger charge is 2.45. The van der Waals surface area contributed by atoms with Crippen LogP contribution in [0.5, 0.6) is 0 Å². The SMILES string of the molecule is CC[C@H](C)[C@H](NC(=O)[C@H](CCC(=O)O)NC(=O)[C@H](CC(C)C)NC(=O)[C@H](C)NC(=O)[C@@H](NC(=O)[C@@H](N)CC(=O)O)[C@@H](C)CC)C(=O)N[C@H](C(=O)N[C@H](C(=O)N[C@H](C(=O)N[C@@H](CC(N)=O)C(=O)N[C@@H](CO)C(=O)N1CCC[C@H]1C(=O)N[C@@H](CO)C(=O)N[C@@H](CC(N)=O)C(=O)N1CCC[C@H]1C(=O)N[C@@H](CCCN=C(N)N)C(=O)O)[C@@H](C)O)C(C)C)[C@@H](C)O. The largest absolute Gasteiger partial charge is 0.481 e. The van der Waals surface area contributed by atoms with Gasteiger partial charge in [-0.2, -0.15) is 0 Å². The van der Waals surface area contributed by atoms with Gasteiger partial charge in [0.15, 0.2) is 5.96 Å². The van der Waals surface area contributed by atoms with Crippen LogP contribution in [0.25, 0.3) is 0 Å². The van der Waals surface area contributed by atoms with Crippen molar-refractivity contribution in [1.82, 2.24) is 78.9 Å². The third kappa shape index (κ3) is 34.6. The fraction of sp³-hybridized carbons (Fsp3) is 0.712. The molecule has 0 aliphatic carbocycles. The minimum atomic E-state index is -2.07. The number of aliphatic hydroxyl groups is 4. The molecule has 0 aromatic heterocycles. The van der Waals surface area contributed by atoms with E-state index in [1.54, 1.807) is 34.6 Å². The van der Waals surface area contributed by atoms with Crippen LogP contribution >= 0.6 is 0 Å². The summed E-state index contributed by atoms with van der Waals surface area (Å²) in [4.78, 5) is 274. The predicted molar refractivity (Wildman–Crippen MR) is 423 cm³/mol. The van der Waals surface area contributed by atoms with E-state index in [9.17, 15) is 127 Å². The molecule has 0 saturated carbocycles. The number of hydrogen-bond donors (Lipinski definition) is 25. The van der Waals surface area contributed by atoms with Crippen molar-refractivity contribution in [1.29, 1.82) is 0 Å². The topological polar surface area (TPSA) is 788 Å². The van der Waals surface area contributed by atoms with E-state index in [1.807, 2.05) is 0 Å². The number of aliphatic carboxylic acids is 3. The first-order valence-corrected chi connectivity index (χ1v) is 39.6. The Bertz CT molecular complexity index is 3710. The second-order valence-corrected chi connectivity index (χ2v) is 30.7. The summed E-state index contributed by atoms with van der Waals surface area (Å²) < 4.78 is 0. The van der Waals surface area contributed by atoms with Crippen molar-refractivity contribution >= 4 is 124 Å². The molecule has 20 atom stereocenters. The molecule has 48 heteroatoms. The monoisotopic (exact) mass is 1730 g/mol. The van der Waals surface area contributed by atoms with Crippen LogP contribution in [0.1, 0.15) is 166 Å². The number of amides is 17. The van der Waals surface area contributed by atoms with E-state index in [0.717, 1.165) is 23.6 Å². The highest BCUT2D eigenvalue weighted by molar-refractivity contribution is 6.02. The maximum absolute atomic E-state index is 14.4. The van der Waals surface area contributed by atoms with Crippen molar-refractivity contribution in [2.24, 2.45) is 57.3 Å². The van der Waals surface area contributed by atoms with Gasteiger partial charge in [-0.3, -0.25) is 96.1 Å². The molecular weight excluding hydrogens is 1600 g/mol. The van der Waals surface area contributed by atoms with Gasteiger partial charge in [0.05, 0.1) is 50.7 Å². The number of carbonyl (C=O) groups excluding carboxylic acids is 17. The second kappa shape index (κ2) is 51.2. The number of carboxylic acids is 3. The maximum Gasteiger partial charge on any atom is 0.326 e. The first-order valence-electron chi connectivity index (χ1n) is 39.6. The van der Waals surface area contributed by atoms with Gasteiger partial charge in [0, 0.05) is 26.1 Å². The van der Waals surface area contributed by atoms with Gasteiger partial charge in [0.25, 0.3) is 0 Å².